The first-order valence-electron chi connectivity index (χ1n) is 5.52. The number of hydrogen-bond acceptors (Lipinski definition) is 1. The first-order chi connectivity index (χ1) is 9.84. The van der Waals surface area contributed by atoms with Crippen LogP contribution in [0.15, 0.2) is 24.3 Å². The van der Waals surface area contributed by atoms with Crippen molar-refractivity contribution in [2.24, 2.45) is 0 Å². The smallest absolute Gasteiger partial charge is 0.143 e. The molecule has 0 N–H and O–H groups in total. The standard InChI is InChI=1S/C19H8O.12H2/c1-3-4-5-6-7-8-9-10-11-14-17-20-19-16-13-12-15-18(19)2;;;;;;;;;;;;/h1,12-13,15-16H,2H3;12*1H. The Balaban J connectivity index is -0.0000000333. The van der Waals surface area contributed by atoms with Crippen LogP contribution in [-0.4, -0.2) is 0 Å². The van der Waals surface area contributed by atoms with Crippen molar-refractivity contribution in [3.8, 4) is 77.5 Å². The van der Waals surface area contributed by atoms with E-state index in [4.69, 9.17) is 11.2 Å². The average Bonchev–Trinajstić information content (AvgIpc) is 2.46. The van der Waals surface area contributed by atoms with Crippen molar-refractivity contribution in [1.29, 1.82) is 0 Å². The lowest BCUT2D eigenvalue weighted by Crippen LogP contribution is -1.85. The van der Waals surface area contributed by atoms with Gasteiger partial charge in [-0.05, 0) is 48.2 Å². The van der Waals surface area contributed by atoms with Crippen molar-refractivity contribution in [3.05, 3.63) is 29.8 Å². The SMILES string of the molecule is C#CC#CC#CC#CC#CC#COc1ccccc1C.[HH].[HH].[HH].[HH].[HH].[HH].[HH].[HH].[HH].[HH].[HH].[HH]. The Morgan fingerprint density at radius 3 is 2.00 bits per heavy atom. The van der Waals surface area contributed by atoms with Gasteiger partial charge in [0.05, 0.1) is 0 Å². The van der Waals surface area contributed by atoms with Gasteiger partial charge >= 0.3 is 0 Å². The summed E-state index contributed by atoms with van der Waals surface area (Å²) in [5, 5.41) is 0. The van der Waals surface area contributed by atoms with Crippen LogP contribution in [0.1, 0.15) is 22.7 Å². The molecule has 0 aliphatic carbocycles. The van der Waals surface area contributed by atoms with E-state index in [-0.39, 0.29) is 17.1 Å². The molecule has 114 valence electrons. The van der Waals surface area contributed by atoms with Crippen LogP contribution in [0, 0.1) is 78.7 Å². The number of para-hydroxylation sites is 1. The van der Waals surface area contributed by atoms with E-state index in [1.54, 1.807) is 0 Å². The van der Waals surface area contributed by atoms with E-state index in [9.17, 15) is 0 Å². The highest BCUT2D eigenvalue weighted by molar-refractivity contribution is 5.43. The molecule has 1 heteroatoms. The molecule has 0 atom stereocenters. The summed E-state index contributed by atoms with van der Waals surface area (Å²) < 4.78 is 5.23. The third kappa shape index (κ3) is 6.20. The monoisotopic (exact) mass is 276 g/mol. The number of terminal acetylenes is 1. The van der Waals surface area contributed by atoms with Gasteiger partial charge in [0.25, 0.3) is 0 Å². The Bertz CT molecular complexity index is 854. The zero-order chi connectivity index (χ0) is 14.5. The molecule has 0 spiro atoms. The molecule has 1 rings (SSSR count). The predicted octanol–water partition coefficient (Wildman–Crippen LogP) is 4.93. The summed E-state index contributed by atoms with van der Waals surface area (Å²) in [6.07, 6.45) is 7.40. The topological polar surface area (TPSA) is 9.23 Å². The van der Waals surface area contributed by atoms with E-state index in [1.807, 2.05) is 31.2 Å². The van der Waals surface area contributed by atoms with Gasteiger partial charge in [0, 0.05) is 46.7 Å². The molecule has 1 aromatic carbocycles. The molecule has 0 saturated carbocycles. The Kier molecular flexibility index (Phi) is 6.80. The van der Waals surface area contributed by atoms with Crippen molar-refractivity contribution in [2.45, 2.75) is 6.92 Å². The summed E-state index contributed by atoms with van der Waals surface area (Å²) in [6.45, 7) is 1.94. The second-order valence-electron chi connectivity index (χ2n) is 3.24. The maximum absolute atomic E-state index is 5.23. The molecule has 0 fully saturated rings. The fourth-order valence-electron chi connectivity index (χ4n) is 1.03. The first-order valence-corrected chi connectivity index (χ1v) is 5.52. The fourth-order valence-corrected chi connectivity index (χ4v) is 1.03. The number of benzene rings is 1. The van der Waals surface area contributed by atoms with Crippen LogP contribution in [0.2, 0.25) is 0 Å². The van der Waals surface area contributed by atoms with E-state index in [0.29, 0.717) is 5.75 Å². The lowest BCUT2D eigenvalue weighted by molar-refractivity contribution is 0.516. The van der Waals surface area contributed by atoms with Gasteiger partial charge < -0.3 is 4.74 Å². The van der Waals surface area contributed by atoms with Crippen LogP contribution in [0.3, 0.4) is 0 Å². The summed E-state index contributed by atoms with van der Waals surface area (Å²) in [5.41, 5.74) is 1.01. The lowest BCUT2D eigenvalue weighted by Gasteiger charge is -1.99. The Morgan fingerprint density at radius 1 is 0.850 bits per heavy atom. The van der Waals surface area contributed by atoms with Gasteiger partial charge in [0.15, 0.2) is 0 Å². The van der Waals surface area contributed by atoms with Crippen LogP contribution in [0.4, 0.5) is 0 Å². The number of ether oxygens (including phenoxy) is 1. The molecule has 1 nitrogen and oxygen atoms in total. The highest BCUT2D eigenvalue weighted by Gasteiger charge is 1.93. The van der Waals surface area contributed by atoms with Gasteiger partial charge in [-0.2, -0.15) is 0 Å². The molecule has 0 saturated heterocycles. The highest BCUT2D eigenvalue weighted by Crippen LogP contribution is 2.15. The quantitative estimate of drug-likeness (QED) is 0.661. The van der Waals surface area contributed by atoms with Crippen molar-refractivity contribution in [1.82, 2.24) is 0 Å². The van der Waals surface area contributed by atoms with E-state index >= 15 is 0 Å². The summed E-state index contributed by atoms with van der Waals surface area (Å²) in [6, 6.07) is 7.59. The molecule has 0 amide bonds. The van der Waals surface area contributed by atoms with Crippen LogP contribution in [0.25, 0.3) is 0 Å². The summed E-state index contributed by atoms with van der Waals surface area (Å²) >= 11 is 0. The summed E-state index contributed by atoms with van der Waals surface area (Å²) in [7, 11) is 0. The summed E-state index contributed by atoms with van der Waals surface area (Å²) in [5.74, 6) is 25.2. The minimum Gasteiger partial charge on any atom is -0.406 e. The zero-order valence-electron chi connectivity index (χ0n) is 10.8. The molecule has 20 heavy (non-hydrogen) atoms. The van der Waals surface area contributed by atoms with Gasteiger partial charge in [-0.1, -0.05) is 18.2 Å². The molecule has 0 bridgehead atoms. The second-order valence-corrected chi connectivity index (χ2v) is 3.24. The largest absolute Gasteiger partial charge is 0.406 e. The number of hydrogen-bond donors (Lipinski definition) is 0. The van der Waals surface area contributed by atoms with Crippen molar-refractivity contribution < 1.29 is 21.9 Å². The van der Waals surface area contributed by atoms with E-state index in [0.717, 1.165) is 5.56 Å². The van der Waals surface area contributed by atoms with Crippen LogP contribution in [-0.2, 0) is 0 Å². The average molecular weight is 276 g/mol. The molecule has 0 aliphatic rings. The predicted molar refractivity (Wildman–Crippen MR) is 105 cm³/mol. The normalized spacial score (nSPS) is 6.20. The van der Waals surface area contributed by atoms with Crippen LogP contribution < -0.4 is 4.74 Å². The molecule has 0 heterocycles. The van der Waals surface area contributed by atoms with Crippen molar-refractivity contribution in [2.75, 3.05) is 0 Å². The molecule has 1 aromatic rings. The third-order valence-corrected chi connectivity index (χ3v) is 1.88. The molecular weight excluding hydrogens is 244 g/mol. The summed E-state index contributed by atoms with van der Waals surface area (Å²) in [4.78, 5) is 0. The minimum atomic E-state index is 0. The molecule has 0 aliphatic heterocycles. The van der Waals surface area contributed by atoms with Gasteiger partial charge in [-0.15, -0.1) is 6.42 Å². The van der Waals surface area contributed by atoms with Crippen LogP contribution >= 0.6 is 0 Å². The number of aryl methyl sites for hydroxylation is 1. The molecule has 0 unspecified atom stereocenters. The van der Waals surface area contributed by atoms with Crippen LogP contribution in [0.5, 0.6) is 5.75 Å². The Morgan fingerprint density at radius 2 is 1.40 bits per heavy atom. The molecular formula is C19H32O. The molecule has 0 aromatic heterocycles. The highest BCUT2D eigenvalue weighted by atomic mass is 16.5. The van der Waals surface area contributed by atoms with Gasteiger partial charge in [0.2, 0.25) is 0 Å². The fraction of sp³-hybridized carbons (Fsp3) is 0.0526. The molecule has 0 radical (unpaired) electrons. The lowest BCUT2D eigenvalue weighted by atomic mass is 10.2. The van der Waals surface area contributed by atoms with Gasteiger partial charge in [-0.3, -0.25) is 0 Å². The first kappa shape index (κ1) is 14.4. The van der Waals surface area contributed by atoms with Gasteiger partial charge in [-0.25, -0.2) is 0 Å². The van der Waals surface area contributed by atoms with E-state index < -0.39 is 0 Å². The minimum absolute atomic E-state index is 0. The maximum atomic E-state index is 5.23. The zero-order valence-corrected chi connectivity index (χ0v) is 10.8. The second kappa shape index (κ2) is 9.41. The Hall–Kier alpha value is -3.62. The third-order valence-electron chi connectivity index (χ3n) is 1.88. The van der Waals surface area contributed by atoms with Crippen molar-refractivity contribution >= 4 is 0 Å². The Labute approximate surface area is 137 Å². The number of rotatable bonds is 1. The maximum Gasteiger partial charge on any atom is 0.143 e. The van der Waals surface area contributed by atoms with Gasteiger partial charge in [0.1, 0.15) is 11.9 Å². The van der Waals surface area contributed by atoms with Crippen molar-refractivity contribution in [3.63, 3.8) is 0 Å². The van der Waals surface area contributed by atoms with E-state index in [1.165, 1.54) is 0 Å². The van der Waals surface area contributed by atoms with E-state index in [2.05, 4.69) is 65.3 Å².